The maximum absolute atomic E-state index is 13.1. The Morgan fingerprint density at radius 1 is 1.00 bits per heavy atom. The van der Waals surface area contributed by atoms with Gasteiger partial charge >= 0.3 is 6.18 Å². The van der Waals surface area contributed by atoms with Crippen LogP contribution in [0.3, 0.4) is 0 Å². The highest BCUT2D eigenvalue weighted by Gasteiger charge is 2.36. The lowest BCUT2D eigenvalue weighted by Gasteiger charge is -2.09. The van der Waals surface area contributed by atoms with E-state index in [0.29, 0.717) is 15.5 Å². The zero-order valence-corrected chi connectivity index (χ0v) is 11.4. The standard InChI is InChI=1S/C12H4Cl2F3NS/c13-7-2-1-5-6-3-4-18-11(14)10(6)19-9(5)8(7)12(15,16)17/h1-4H. The van der Waals surface area contributed by atoms with E-state index in [2.05, 4.69) is 4.98 Å². The fourth-order valence-electron chi connectivity index (χ4n) is 1.97. The average Bonchev–Trinajstić information content (AvgIpc) is 2.67. The summed E-state index contributed by atoms with van der Waals surface area (Å²) in [5.41, 5.74) is -0.816. The second kappa shape index (κ2) is 4.23. The maximum Gasteiger partial charge on any atom is 0.419 e. The Labute approximate surface area is 119 Å². The van der Waals surface area contributed by atoms with E-state index in [1.54, 1.807) is 12.1 Å². The third-order valence-corrected chi connectivity index (χ3v) is 4.70. The van der Waals surface area contributed by atoms with Crippen molar-refractivity contribution in [2.75, 3.05) is 0 Å². The van der Waals surface area contributed by atoms with Crippen LogP contribution in [0.2, 0.25) is 10.2 Å². The first-order chi connectivity index (χ1) is 8.89. The molecule has 3 aromatic rings. The van der Waals surface area contributed by atoms with Crippen LogP contribution in [0.1, 0.15) is 5.56 Å². The van der Waals surface area contributed by atoms with Crippen molar-refractivity contribution < 1.29 is 13.2 Å². The summed E-state index contributed by atoms with van der Waals surface area (Å²) in [6.45, 7) is 0. The normalized spacial score (nSPS) is 12.5. The van der Waals surface area contributed by atoms with Crippen LogP contribution in [-0.4, -0.2) is 4.98 Å². The molecule has 0 bridgehead atoms. The summed E-state index contributed by atoms with van der Waals surface area (Å²) in [5, 5.41) is 1.03. The van der Waals surface area contributed by atoms with Crippen molar-refractivity contribution in [3.05, 3.63) is 40.1 Å². The highest BCUT2D eigenvalue weighted by molar-refractivity contribution is 7.26. The summed E-state index contributed by atoms with van der Waals surface area (Å²) in [6.07, 6.45) is -3.03. The highest BCUT2D eigenvalue weighted by Crippen LogP contribution is 2.46. The molecule has 2 heterocycles. The van der Waals surface area contributed by atoms with Crippen molar-refractivity contribution in [1.82, 2.24) is 4.98 Å². The molecule has 1 aromatic carbocycles. The van der Waals surface area contributed by atoms with Gasteiger partial charge in [0.05, 0.1) is 15.3 Å². The second-order valence-electron chi connectivity index (χ2n) is 3.88. The van der Waals surface area contributed by atoms with Gasteiger partial charge < -0.3 is 0 Å². The van der Waals surface area contributed by atoms with Crippen LogP contribution in [0.15, 0.2) is 24.4 Å². The Kier molecular flexibility index (Phi) is 2.89. The molecule has 0 N–H and O–H groups in total. The number of aromatic nitrogens is 1. The van der Waals surface area contributed by atoms with Gasteiger partial charge in [-0.2, -0.15) is 13.2 Å². The summed E-state index contributed by atoms with van der Waals surface area (Å²) < 4.78 is 39.9. The van der Waals surface area contributed by atoms with Crippen molar-refractivity contribution in [3.8, 4) is 0 Å². The summed E-state index contributed by atoms with van der Waals surface area (Å²) in [6, 6.07) is 4.48. The van der Waals surface area contributed by atoms with E-state index >= 15 is 0 Å². The molecule has 0 unspecified atom stereocenters. The smallest absolute Gasteiger partial charge is 0.243 e. The first-order valence-electron chi connectivity index (χ1n) is 5.12. The number of thiophene rings is 1. The van der Waals surface area contributed by atoms with Gasteiger partial charge in [-0.3, -0.25) is 0 Å². The Bertz CT molecular complexity index is 795. The fraction of sp³-hybridized carbons (Fsp3) is 0.0833. The molecule has 98 valence electrons. The van der Waals surface area contributed by atoms with E-state index < -0.39 is 11.7 Å². The molecule has 3 rings (SSSR count). The molecule has 2 aromatic heterocycles. The zero-order chi connectivity index (χ0) is 13.8. The van der Waals surface area contributed by atoms with Gasteiger partial charge in [0.15, 0.2) is 0 Å². The molecule has 0 fully saturated rings. The third-order valence-electron chi connectivity index (χ3n) is 2.75. The van der Waals surface area contributed by atoms with E-state index in [1.165, 1.54) is 12.3 Å². The Balaban J connectivity index is 2.54. The number of pyridine rings is 1. The first kappa shape index (κ1) is 13.0. The minimum Gasteiger partial charge on any atom is -0.243 e. The van der Waals surface area contributed by atoms with E-state index in [4.69, 9.17) is 23.2 Å². The van der Waals surface area contributed by atoms with Gasteiger partial charge in [0.2, 0.25) is 0 Å². The predicted molar refractivity (Wildman–Crippen MR) is 72.1 cm³/mol. The summed E-state index contributed by atoms with van der Waals surface area (Å²) in [7, 11) is 0. The van der Waals surface area contributed by atoms with Gasteiger partial charge in [-0.15, -0.1) is 11.3 Å². The molecule has 1 nitrogen and oxygen atoms in total. The number of alkyl halides is 3. The molecule has 0 atom stereocenters. The van der Waals surface area contributed by atoms with Crippen LogP contribution in [0.25, 0.3) is 20.2 Å². The van der Waals surface area contributed by atoms with Crippen molar-refractivity contribution in [2.24, 2.45) is 0 Å². The summed E-state index contributed by atoms with van der Waals surface area (Å²) in [4.78, 5) is 3.88. The molecule has 7 heteroatoms. The van der Waals surface area contributed by atoms with Gasteiger partial charge in [0.25, 0.3) is 0 Å². The molecule has 0 aliphatic rings. The maximum atomic E-state index is 13.1. The zero-order valence-electron chi connectivity index (χ0n) is 9.05. The van der Waals surface area contributed by atoms with Gasteiger partial charge in [-0.05, 0) is 12.1 Å². The molecular formula is C12H4Cl2F3NS. The van der Waals surface area contributed by atoms with Crippen molar-refractivity contribution in [3.63, 3.8) is 0 Å². The quantitative estimate of drug-likeness (QED) is 0.478. The van der Waals surface area contributed by atoms with E-state index in [9.17, 15) is 13.2 Å². The van der Waals surface area contributed by atoms with Gasteiger partial charge in [-0.25, -0.2) is 4.98 Å². The highest BCUT2D eigenvalue weighted by atomic mass is 35.5. The molecule has 19 heavy (non-hydrogen) atoms. The number of fused-ring (bicyclic) bond motifs is 3. The molecule has 0 saturated carbocycles. The topological polar surface area (TPSA) is 12.9 Å². The SMILES string of the molecule is FC(F)(F)c1c(Cl)ccc2c1sc1c(Cl)nccc12. The van der Waals surface area contributed by atoms with Crippen molar-refractivity contribution in [2.45, 2.75) is 6.18 Å². The van der Waals surface area contributed by atoms with E-state index in [-0.39, 0.29) is 14.9 Å². The number of hydrogen-bond donors (Lipinski definition) is 0. The average molecular weight is 322 g/mol. The molecular weight excluding hydrogens is 318 g/mol. The first-order valence-corrected chi connectivity index (χ1v) is 6.69. The number of nitrogens with zero attached hydrogens (tertiary/aromatic N) is 1. The third kappa shape index (κ3) is 1.96. The second-order valence-corrected chi connectivity index (χ2v) is 5.66. The van der Waals surface area contributed by atoms with Gasteiger partial charge in [0.1, 0.15) is 5.15 Å². The predicted octanol–water partition coefficient (Wildman–Crippen LogP) is 5.78. The lowest BCUT2D eigenvalue weighted by Crippen LogP contribution is -2.05. The van der Waals surface area contributed by atoms with Crippen LogP contribution in [0.4, 0.5) is 13.2 Å². The molecule has 0 radical (unpaired) electrons. The van der Waals surface area contributed by atoms with Crippen molar-refractivity contribution in [1.29, 1.82) is 0 Å². The van der Waals surface area contributed by atoms with Crippen LogP contribution < -0.4 is 0 Å². The van der Waals surface area contributed by atoms with Crippen LogP contribution >= 0.6 is 34.5 Å². The largest absolute Gasteiger partial charge is 0.419 e. The lowest BCUT2D eigenvalue weighted by atomic mass is 10.1. The monoisotopic (exact) mass is 321 g/mol. The molecule has 0 amide bonds. The molecule has 0 aliphatic carbocycles. The van der Waals surface area contributed by atoms with Crippen LogP contribution in [-0.2, 0) is 6.18 Å². The fourth-order valence-corrected chi connectivity index (χ4v) is 3.81. The van der Waals surface area contributed by atoms with Crippen molar-refractivity contribution >= 4 is 54.7 Å². The summed E-state index contributed by atoms with van der Waals surface area (Å²) in [5.74, 6) is 0. The molecule has 0 aliphatic heterocycles. The minimum atomic E-state index is -4.50. The Hall–Kier alpha value is -1.04. The Morgan fingerprint density at radius 2 is 1.68 bits per heavy atom. The van der Waals surface area contributed by atoms with E-state index in [1.807, 2.05) is 0 Å². The molecule has 0 saturated heterocycles. The number of rotatable bonds is 0. The lowest BCUT2D eigenvalue weighted by molar-refractivity contribution is -0.136. The minimum absolute atomic E-state index is 0.0879. The van der Waals surface area contributed by atoms with Gasteiger partial charge in [0, 0.05) is 21.7 Å². The number of halogens is 5. The number of benzene rings is 1. The molecule has 0 spiro atoms. The van der Waals surface area contributed by atoms with Crippen LogP contribution in [0, 0.1) is 0 Å². The Morgan fingerprint density at radius 3 is 2.37 bits per heavy atom. The summed E-state index contributed by atoms with van der Waals surface area (Å²) >= 11 is 12.6. The number of hydrogen-bond acceptors (Lipinski definition) is 2. The van der Waals surface area contributed by atoms with E-state index in [0.717, 1.165) is 11.3 Å². The van der Waals surface area contributed by atoms with Crippen LogP contribution in [0.5, 0.6) is 0 Å². The van der Waals surface area contributed by atoms with Gasteiger partial charge in [-0.1, -0.05) is 29.3 Å².